The monoisotopic (exact) mass is 482 g/mol. The minimum Gasteiger partial charge on any atom is -0.374 e. The zero-order valence-electron chi connectivity index (χ0n) is 15.6. The van der Waals surface area contributed by atoms with Gasteiger partial charge in [-0.2, -0.15) is 0 Å². The maximum atomic E-state index is 12.3. The first-order valence-corrected chi connectivity index (χ1v) is 9.75. The van der Waals surface area contributed by atoms with Crippen LogP contribution < -0.4 is 10.6 Å². The maximum absolute atomic E-state index is 12.3. The molecule has 146 valence electrons. The molecule has 1 aromatic carbocycles. The molecule has 27 heavy (non-hydrogen) atoms. The highest BCUT2D eigenvalue weighted by Crippen LogP contribution is 2.47. The smallest absolute Gasteiger partial charge is 0.232 e. The summed E-state index contributed by atoms with van der Waals surface area (Å²) in [5.41, 5.74) is 2.06. The van der Waals surface area contributed by atoms with Crippen LogP contribution in [0, 0.1) is 11.8 Å². The molecule has 3 saturated heterocycles. The van der Waals surface area contributed by atoms with Crippen molar-refractivity contribution >= 4 is 41.5 Å². The van der Waals surface area contributed by atoms with Gasteiger partial charge in [0.2, 0.25) is 5.91 Å². The van der Waals surface area contributed by atoms with Gasteiger partial charge >= 0.3 is 0 Å². The molecular formula is C20H27IN4O2. The van der Waals surface area contributed by atoms with E-state index >= 15 is 0 Å². The fourth-order valence-corrected chi connectivity index (χ4v) is 5.36. The lowest BCUT2D eigenvalue weighted by Crippen LogP contribution is -2.42. The predicted molar refractivity (Wildman–Crippen MR) is 116 cm³/mol. The van der Waals surface area contributed by atoms with Crippen LogP contribution in [0.3, 0.4) is 0 Å². The van der Waals surface area contributed by atoms with Crippen molar-refractivity contribution in [1.82, 2.24) is 10.2 Å². The van der Waals surface area contributed by atoms with E-state index in [4.69, 9.17) is 4.74 Å². The molecule has 0 radical (unpaired) electrons. The average Bonchev–Trinajstić information content (AvgIpc) is 3.39. The number of fused-ring (bicyclic) bond motifs is 6. The molecule has 3 fully saturated rings. The van der Waals surface area contributed by atoms with Crippen LogP contribution in [0.25, 0.3) is 0 Å². The van der Waals surface area contributed by atoms with Gasteiger partial charge in [-0.1, -0.05) is 18.2 Å². The van der Waals surface area contributed by atoms with Crippen LogP contribution in [0.15, 0.2) is 29.3 Å². The number of likely N-dealkylation sites (tertiary alicyclic amines) is 1. The lowest BCUT2D eigenvalue weighted by molar-refractivity contribution is -0.117. The molecule has 2 bridgehead atoms. The average molecular weight is 482 g/mol. The Bertz CT molecular complexity index is 737. The summed E-state index contributed by atoms with van der Waals surface area (Å²) in [4.78, 5) is 19.1. The molecule has 0 saturated carbocycles. The van der Waals surface area contributed by atoms with Crippen LogP contribution >= 0.6 is 24.0 Å². The van der Waals surface area contributed by atoms with Crippen molar-refractivity contribution in [1.29, 1.82) is 0 Å². The molecule has 6 nitrogen and oxygen atoms in total. The minimum atomic E-state index is -0.0704. The number of halogens is 1. The van der Waals surface area contributed by atoms with E-state index in [1.54, 1.807) is 0 Å². The summed E-state index contributed by atoms with van der Waals surface area (Å²) in [7, 11) is 1.85. The summed E-state index contributed by atoms with van der Waals surface area (Å²) < 4.78 is 6.06. The van der Waals surface area contributed by atoms with Gasteiger partial charge in [0, 0.05) is 44.2 Å². The Balaban J connectivity index is 0.00000180. The topological polar surface area (TPSA) is 66.0 Å². The Kier molecular flexibility index (Phi) is 5.33. The van der Waals surface area contributed by atoms with Crippen molar-refractivity contribution in [3.8, 4) is 0 Å². The third-order valence-electron chi connectivity index (χ3n) is 6.59. The van der Waals surface area contributed by atoms with Crippen LogP contribution in [0.2, 0.25) is 0 Å². The first-order chi connectivity index (χ1) is 12.7. The molecule has 1 aromatic rings. The molecule has 0 spiro atoms. The van der Waals surface area contributed by atoms with E-state index < -0.39 is 0 Å². The number of carbonyl (C=O) groups excluding carboxylic acids is 1. The molecule has 5 rings (SSSR count). The van der Waals surface area contributed by atoms with Gasteiger partial charge in [-0.05, 0) is 30.9 Å². The Labute approximate surface area is 177 Å². The highest BCUT2D eigenvalue weighted by atomic mass is 127. The number of hydrogen-bond acceptors (Lipinski definition) is 3. The number of guanidine groups is 1. The van der Waals surface area contributed by atoms with E-state index in [2.05, 4.69) is 20.5 Å². The lowest BCUT2D eigenvalue weighted by atomic mass is 9.82. The van der Waals surface area contributed by atoms with Gasteiger partial charge in [0.05, 0.1) is 18.1 Å². The van der Waals surface area contributed by atoms with Crippen LogP contribution in [-0.4, -0.2) is 55.7 Å². The molecule has 2 N–H and O–H groups in total. The number of rotatable bonds is 3. The Morgan fingerprint density at radius 3 is 2.67 bits per heavy atom. The van der Waals surface area contributed by atoms with Crippen LogP contribution in [0.4, 0.5) is 5.69 Å². The second kappa shape index (κ2) is 7.58. The number of anilines is 1. The number of para-hydroxylation sites is 1. The Morgan fingerprint density at radius 1 is 1.26 bits per heavy atom. The standard InChI is InChI=1S/C20H26N4O2.HI/c1-21-20(24-10-14-15(11-24)18-7-6-17(14)26-18)22-9-8-13-12-4-2-3-5-16(12)23-19(13)25;/h2-5,13-15,17-18H,6-11H2,1H3,(H,21,22)(H,23,25);1H. The van der Waals surface area contributed by atoms with E-state index in [1.165, 1.54) is 12.8 Å². The van der Waals surface area contributed by atoms with Gasteiger partial charge < -0.3 is 20.3 Å². The summed E-state index contributed by atoms with van der Waals surface area (Å²) >= 11 is 0. The molecule has 0 aromatic heterocycles. The molecule has 5 atom stereocenters. The van der Waals surface area contributed by atoms with E-state index in [0.29, 0.717) is 24.0 Å². The minimum absolute atomic E-state index is 0. The highest BCUT2D eigenvalue weighted by molar-refractivity contribution is 14.0. The molecular weight excluding hydrogens is 455 g/mol. The van der Waals surface area contributed by atoms with Crippen molar-refractivity contribution < 1.29 is 9.53 Å². The quantitative estimate of drug-likeness (QED) is 0.395. The second-order valence-electron chi connectivity index (χ2n) is 7.91. The molecule has 7 heteroatoms. The highest BCUT2D eigenvalue weighted by Gasteiger charge is 2.53. The van der Waals surface area contributed by atoms with Crippen LogP contribution in [-0.2, 0) is 9.53 Å². The van der Waals surface area contributed by atoms with Crippen molar-refractivity contribution in [2.45, 2.75) is 37.4 Å². The SMILES string of the molecule is CN=C(NCCC1C(=O)Nc2ccccc21)N1CC2C3CCC(O3)C2C1.I. The zero-order chi connectivity index (χ0) is 17.7. The van der Waals surface area contributed by atoms with Gasteiger partial charge in [0.15, 0.2) is 5.96 Å². The number of hydrogen-bond donors (Lipinski definition) is 2. The maximum Gasteiger partial charge on any atom is 0.232 e. The first-order valence-electron chi connectivity index (χ1n) is 9.75. The van der Waals surface area contributed by atoms with E-state index in [1.807, 2.05) is 31.3 Å². The number of nitrogens with one attached hydrogen (secondary N) is 2. The Hall–Kier alpha value is -1.35. The molecule has 4 aliphatic rings. The van der Waals surface area contributed by atoms with Crippen molar-refractivity contribution in [3.05, 3.63) is 29.8 Å². The number of amides is 1. The first kappa shape index (κ1) is 19.0. The van der Waals surface area contributed by atoms with Gasteiger partial charge in [-0.15, -0.1) is 24.0 Å². The second-order valence-corrected chi connectivity index (χ2v) is 7.91. The Morgan fingerprint density at radius 2 is 1.96 bits per heavy atom. The third-order valence-corrected chi connectivity index (χ3v) is 6.59. The van der Waals surface area contributed by atoms with Crippen molar-refractivity contribution in [3.63, 3.8) is 0 Å². The van der Waals surface area contributed by atoms with Gasteiger partial charge in [-0.25, -0.2) is 0 Å². The molecule has 0 aliphatic carbocycles. The van der Waals surface area contributed by atoms with Crippen molar-refractivity contribution in [2.75, 3.05) is 32.0 Å². The number of carbonyl (C=O) groups is 1. The van der Waals surface area contributed by atoms with E-state index in [9.17, 15) is 4.79 Å². The fraction of sp³-hybridized carbons (Fsp3) is 0.600. The molecule has 4 heterocycles. The number of ether oxygens (including phenoxy) is 1. The third kappa shape index (κ3) is 3.22. The summed E-state index contributed by atoms with van der Waals surface area (Å²) in [6.07, 6.45) is 4.15. The summed E-state index contributed by atoms with van der Waals surface area (Å²) in [6, 6.07) is 7.98. The van der Waals surface area contributed by atoms with Gasteiger partial charge in [0.1, 0.15) is 0 Å². The van der Waals surface area contributed by atoms with Crippen LogP contribution in [0.1, 0.15) is 30.7 Å². The number of aliphatic imine (C=N–C) groups is 1. The van der Waals surface area contributed by atoms with Gasteiger partial charge in [-0.3, -0.25) is 9.79 Å². The number of nitrogens with zero attached hydrogens (tertiary/aromatic N) is 2. The predicted octanol–water partition coefficient (Wildman–Crippen LogP) is 2.42. The van der Waals surface area contributed by atoms with Gasteiger partial charge in [0.25, 0.3) is 0 Å². The number of benzene rings is 1. The van der Waals surface area contributed by atoms with Crippen molar-refractivity contribution in [2.24, 2.45) is 16.8 Å². The summed E-state index contributed by atoms with van der Waals surface area (Å²) in [5, 5.41) is 6.46. The normalized spacial score (nSPS) is 33.5. The molecule has 1 amide bonds. The molecule has 4 aliphatic heterocycles. The summed E-state index contributed by atoms with van der Waals surface area (Å²) in [6.45, 7) is 2.82. The lowest BCUT2D eigenvalue weighted by Gasteiger charge is -2.23. The fourth-order valence-electron chi connectivity index (χ4n) is 5.36. The zero-order valence-corrected chi connectivity index (χ0v) is 17.9. The van der Waals surface area contributed by atoms with Crippen LogP contribution in [0.5, 0.6) is 0 Å². The summed E-state index contributed by atoms with van der Waals surface area (Å²) in [5.74, 6) is 2.33. The molecule has 5 unspecified atom stereocenters. The van der Waals surface area contributed by atoms with E-state index in [-0.39, 0.29) is 35.8 Å². The van der Waals surface area contributed by atoms with E-state index in [0.717, 1.165) is 43.3 Å². The largest absolute Gasteiger partial charge is 0.374 e.